The third kappa shape index (κ3) is 7.40. The minimum atomic E-state index is -2.14. The van der Waals surface area contributed by atoms with Crippen molar-refractivity contribution < 1.29 is 52.4 Å². The summed E-state index contributed by atoms with van der Waals surface area (Å²) in [5, 5.41) is 11.8. The molecule has 3 fully saturated rings. The zero-order valence-corrected chi connectivity index (χ0v) is 32.2. The molecule has 1 aromatic carbocycles. The van der Waals surface area contributed by atoms with E-state index in [2.05, 4.69) is 6.92 Å². The normalized spacial score (nSPS) is 33.0. The molecule has 296 valence electrons. The molecule has 54 heavy (non-hydrogen) atoms. The van der Waals surface area contributed by atoms with Gasteiger partial charge >= 0.3 is 18.1 Å². The number of aliphatic hydroxyl groups is 1. The Kier molecular flexibility index (Phi) is 12.6. The molecule has 0 aliphatic heterocycles. The summed E-state index contributed by atoms with van der Waals surface area (Å²) in [6, 6.07) is 5.46. The fourth-order valence-corrected chi connectivity index (χ4v) is 9.97. The van der Waals surface area contributed by atoms with Gasteiger partial charge in [-0.1, -0.05) is 70.7 Å². The van der Waals surface area contributed by atoms with Crippen LogP contribution in [0.15, 0.2) is 48.1 Å². The molecule has 0 heterocycles. The standard InChI is InChI=1S/C42H56FNO10/c1-6-8-10-20-51-37(49)33(44)22-27-12-15-30(16-13-27)53-38(50)52-25-35(47)42(54-36(48)11-9-7-2)26(3)21-32-31-17-14-28-23-29(45)18-19-39(28,4)41(31,43)34(46)24-40(32,42)5/h12-13,15-16,18-19,23,26,31-34,46H,6-11,14,17,20-22,24-25,44H2,1-5H3. The van der Waals surface area contributed by atoms with Crippen molar-refractivity contribution in [3.05, 3.63) is 53.6 Å². The highest BCUT2D eigenvalue weighted by molar-refractivity contribution is 6.01. The van der Waals surface area contributed by atoms with Crippen LogP contribution < -0.4 is 10.5 Å². The first kappa shape index (κ1) is 41.3. The van der Waals surface area contributed by atoms with Crippen LogP contribution in [0.1, 0.15) is 104 Å². The number of fused-ring (bicyclic) bond motifs is 5. The molecule has 9 atom stereocenters. The largest absolute Gasteiger partial charge is 0.514 e. The monoisotopic (exact) mass is 753 g/mol. The maximum Gasteiger partial charge on any atom is 0.514 e. The Morgan fingerprint density at radius 3 is 2.41 bits per heavy atom. The highest BCUT2D eigenvalue weighted by Gasteiger charge is 2.77. The predicted octanol–water partition coefficient (Wildman–Crippen LogP) is 6.46. The van der Waals surface area contributed by atoms with Gasteiger partial charge in [0, 0.05) is 29.1 Å². The van der Waals surface area contributed by atoms with Gasteiger partial charge in [-0.05, 0) is 87.6 Å². The van der Waals surface area contributed by atoms with Crippen LogP contribution in [0.3, 0.4) is 0 Å². The number of hydrogen-bond acceptors (Lipinski definition) is 11. The molecular formula is C42H56FNO10. The number of hydrogen-bond donors (Lipinski definition) is 2. The molecule has 0 amide bonds. The van der Waals surface area contributed by atoms with Gasteiger partial charge in [0.25, 0.3) is 0 Å². The Hall–Kier alpha value is -3.90. The van der Waals surface area contributed by atoms with Gasteiger partial charge in [-0.25, -0.2) is 9.18 Å². The van der Waals surface area contributed by atoms with Crippen LogP contribution in [0.25, 0.3) is 0 Å². The summed E-state index contributed by atoms with van der Waals surface area (Å²) < 4.78 is 39.9. The van der Waals surface area contributed by atoms with E-state index in [1.807, 2.05) is 6.92 Å². The highest BCUT2D eigenvalue weighted by atomic mass is 19.1. The summed E-state index contributed by atoms with van der Waals surface area (Å²) in [6.45, 7) is 8.80. The van der Waals surface area contributed by atoms with Crippen molar-refractivity contribution in [2.75, 3.05) is 13.2 Å². The Morgan fingerprint density at radius 2 is 1.72 bits per heavy atom. The fourth-order valence-electron chi connectivity index (χ4n) is 9.97. The molecule has 0 aromatic heterocycles. The molecule has 0 bridgehead atoms. The summed E-state index contributed by atoms with van der Waals surface area (Å²) in [5.74, 6) is -3.63. The second kappa shape index (κ2) is 16.5. The first-order valence-electron chi connectivity index (χ1n) is 19.5. The van der Waals surface area contributed by atoms with E-state index in [1.54, 1.807) is 39.0 Å². The lowest BCUT2D eigenvalue weighted by atomic mass is 9.44. The van der Waals surface area contributed by atoms with Crippen molar-refractivity contribution >= 4 is 29.7 Å². The number of carbonyl (C=O) groups excluding carboxylic acids is 5. The van der Waals surface area contributed by atoms with Gasteiger partial charge in [0.05, 0.1) is 12.7 Å². The van der Waals surface area contributed by atoms with E-state index < -0.39 is 82.5 Å². The minimum absolute atomic E-state index is 0.0625. The van der Waals surface area contributed by atoms with Gasteiger partial charge in [0.15, 0.2) is 23.7 Å². The van der Waals surface area contributed by atoms with E-state index in [-0.39, 0.29) is 30.8 Å². The average molecular weight is 754 g/mol. The van der Waals surface area contributed by atoms with E-state index in [9.17, 15) is 29.1 Å². The maximum atomic E-state index is 17.8. The zero-order chi connectivity index (χ0) is 39.5. The summed E-state index contributed by atoms with van der Waals surface area (Å²) in [7, 11) is 0. The van der Waals surface area contributed by atoms with E-state index in [1.165, 1.54) is 24.3 Å². The number of ether oxygens (including phenoxy) is 4. The lowest BCUT2D eigenvalue weighted by Gasteiger charge is -2.62. The third-order valence-corrected chi connectivity index (χ3v) is 12.8. The van der Waals surface area contributed by atoms with Crippen LogP contribution in [0.4, 0.5) is 9.18 Å². The lowest BCUT2D eigenvalue weighted by molar-refractivity contribution is -0.228. The molecule has 0 radical (unpaired) electrons. The smallest absolute Gasteiger partial charge is 0.465 e. The van der Waals surface area contributed by atoms with Crippen molar-refractivity contribution in [2.45, 2.75) is 129 Å². The Morgan fingerprint density at radius 1 is 1.02 bits per heavy atom. The second-order valence-electron chi connectivity index (χ2n) is 16.1. The minimum Gasteiger partial charge on any atom is -0.465 e. The van der Waals surface area contributed by atoms with Crippen LogP contribution in [-0.2, 0) is 39.8 Å². The Balaban J connectivity index is 1.31. The van der Waals surface area contributed by atoms with Crippen molar-refractivity contribution in [3.8, 4) is 5.75 Å². The molecule has 0 saturated heterocycles. The second-order valence-corrected chi connectivity index (χ2v) is 16.1. The molecule has 5 rings (SSSR count). The number of Topliss-reactive ketones (excluding diaryl/α,β-unsaturated/α-hetero) is 1. The topological polar surface area (TPSA) is 169 Å². The number of ketones is 2. The lowest BCUT2D eigenvalue weighted by Crippen LogP contribution is -2.70. The maximum absolute atomic E-state index is 17.8. The number of nitrogens with two attached hydrogens (primary N) is 1. The molecule has 3 saturated carbocycles. The molecule has 11 nitrogen and oxygen atoms in total. The number of rotatable bonds is 15. The van der Waals surface area contributed by atoms with Crippen molar-refractivity contribution in [1.82, 2.24) is 0 Å². The van der Waals surface area contributed by atoms with Gasteiger partial charge in [0.2, 0.25) is 5.78 Å². The molecular weight excluding hydrogens is 697 g/mol. The molecule has 3 N–H and O–H groups in total. The number of aliphatic hydroxyl groups excluding tert-OH is 1. The fraction of sp³-hybridized carbons (Fsp3) is 0.643. The third-order valence-electron chi connectivity index (χ3n) is 12.8. The van der Waals surface area contributed by atoms with Gasteiger partial charge in [0.1, 0.15) is 11.8 Å². The molecule has 4 aliphatic carbocycles. The number of unbranched alkanes of at least 4 members (excludes halogenated alkanes) is 3. The van der Waals surface area contributed by atoms with Crippen molar-refractivity contribution in [1.29, 1.82) is 0 Å². The summed E-state index contributed by atoms with van der Waals surface area (Å²) >= 11 is 0. The van der Waals surface area contributed by atoms with Gasteiger partial charge in [-0.3, -0.25) is 19.2 Å². The quantitative estimate of drug-likeness (QED) is 0.0873. The number of alkyl halides is 1. The Labute approximate surface area is 317 Å². The van der Waals surface area contributed by atoms with Gasteiger partial charge < -0.3 is 29.8 Å². The number of halogens is 1. The zero-order valence-electron chi connectivity index (χ0n) is 32.2. The van der Waals surface area contributed by atoms with Gasteiger partial charge in [-0.2, -0.15) is 0 Å². The first-order valence-corrected chi connectivity index (χ1v) is 19.5. The molecule has 12 heteroatoms. The molecule has 1 aromatic rings. The van der Waals surface area contributed by atoms with Crippen LogP contribution in [0, 0.1) is 28.6 Å². The number of carbonyl (C=O) groups is 5. The van der Waals surface area contributed by atoms with E-state index in [4.69, 9.17) is 24.7 Å². The van der Waals surface area contributed by atoms with Crippen molar-refractivity contribution in [2.24, 2.45) is 34.3 Å². The Bertz CT molecular complexity index is 1660. The SMILES string of the molecule is CCCCCOC(=O)C(N)Cc1ccc(OC(=O)OCC(=O)C2(OC(=O)CCCC)C(C)CC3C4CCC5=CC(=O)C=CC5(C)C4(F)C(O)CC32C)cc1. The predicted molar refractivity (Wildman–Crippen MR) is 197 cm³/mol. The van der Waals surface area contributed by atoms with Crippen LogP contribution >= 0.6 is 0 Å². The average Bonchev–Trinajstić information content (AvgIpc) is 3.35. The van der Waals surface area contributed by atoms with Gasteiger partial charge in [-0.15, -0.1) is 0 Å². The van der Waals surface area contributed by atoms with Crippen LogP contribution in [0.2, 0.25) is 0 Å². The van der Waals surface area contributed by atoms with E-state index in [0.717, 1.165) is 25.7 Å². The first-order chi connectivity index (χ1) is 25.6. The van der Waals surface area contributed by atoms with E-state index >= 15 is 4.39 Å². The highest BCUT2D eigenvalue weighted by Crippen LogP contribution is 2.71. The van der Waals surface area contributed by atoms with Crippen LogP contribution in [-0.4, -0.2) is 71.4 Å². The molecule has 0 spiro atoms. The van der Waals surface area contributed by atoms with Crippen molar-refractivity contribution in [3.63, 3.8) is 0 Å². The number of allylic oxidation sites excluding steroid dienone is 4. The molecule has 9 unspecified atom stereocenters. The summed E-state index contributed by atoms with van der Waals surface area (Å²) in [5.41, 5.74) is 0.983. The number of benzene rings is 1. The number of esters is 2. The summed E-state index contributed by atoms with van der Waals surface area (Å²) in [6.07, 6.45) is 6.87. The van der Waals surface area contributed by atoms with Crippen LogP contribution in [0.5, 0.6) is 5.75 Å². The summed E-state index contributed by atoms with van der Waals surface area (Å²) in [4.78, 5) is 65.2. The van der Waals surface area contributed by atoms with E-state index in [0.29, 0.717) is 43.4 Å². The molecule has 4 aliphatic rings.